The van der Waals surface area contributed by atoms with Crippen LogP contribution in [0.3, 0.4) is 0 Å². The van der Waals surface area contributed by atoms with Crippen LogP contribution < -0.4 is 5.73 Å². The Morgan fingerprint density at radius 3 is 2.60 bits per heavy atom. The third kappa shape index (κ3) is 4.95. The Labute approximate surface area is 185 Å². The average molecular weight is 448 g/mol. The zero-order chi connectivity index (χ0) is 20.2. The van der Waals surface area contributed by atoms with Gasteiger partial charge in [-0.05, 0) is 17.2 Å². The lowest BCUT2D eigenvalue weighted by molar-refractivity contribution is 0.0675. The largest absolute Gasteiger partial charge is 0.378 e. The first-order valence-electron chi connectivity index (χ1n) is 9.47. The first kappa shape index (κ1) is 22.1. The van der Waals surface area contributed by atoms with E-state index in [4.69, 9.17) is 10.5 Å². The van der Waals surface area contributed by atoms with Gasteiger partial charge < -0.3 is 15.4 Å². The van der Waals surface area contributed by atoms with Gasteiger partial charge in [0.05, 0.1) is 13.2 Å². The first-order chi connectivity index (χ1) is 14.1. The zero-order valence-electron chi connectivity index (χ0n) is 16.5. The van der Waals surface area contributed by atoms with Crippen molar-refractivity contribution in [1.29, 1.82) is 0 Å². The number of morpholine rings is 1. The van der Waals surface area contributed by atoms with Gasteiger partial charge in [-0.1, -0.05) is 60.7 Å². The fourth-order valence-corrected chi connectivity index (χ4v) is 4.01. The summed E-state index contributed by atoms with van der Waals surface area (Å²) in [5.74, 6) is 0.0715. The van der Waals surface area contributed by atoms with Crippen LogP contribution in [0.4, 0.5) is 9.52 Å². The van der Waals surface area contributed by atoms with Crippen LogP contribution in [0.2, 0.25) is 0 Å². The van der Waals surface area contributed by atoms with Crippen LogP contribution >= 0.6 is 23.7 Å². The molecule has 0 saturated carbocycles. The van der Waals surface area contributed by atoms with Crippen molar-refractivity contribution in [2.75, 3.05) is 26.3 Å². The molecule has 0 aliphatic carbocycles. The van der Waals surface area contributed by atoms with Crippen molar-refractivity contribution in [2.45, 2.75) is 12.8 Å². The van der Waals surface area contributed by atoms with Crippen molar-refractivity contribution in [3.05, 3.63) is 64.9 Å². The lowest BCUT2D eigenvalue weighted by Crippen LogP contribution is -2.44. The monoisotopic (exact) mass is 447 g/mol. The van der Waals surface area contributed by atoms with E-state index in [-0.39, 0.29) is 24.1 Å². The molecule has 0 amide bonds. The first-order valence-corrected chi connectivity index (χ1v) is 10.3. The molecule has 6 nitrogen and oxygen atoms in total. The summed E-state index contributed by atoms with van der Waals surface area (Å²) in [4.78, 5) is 6.35. The molecular weight excluding hydrogens is 425 g/mol. The number of ether oxygens (including phenoxy) is 1. The summed E-state index contributed by atoms with van der Waals surface area (Å²) in [7, 11) is 0. The van der Waals surface area contributed by atoms with Gasteiger partial charge in [0.1, 0.15) is 10.8 Å². The van der Waals surface area contributed by atoms with Crippen LogP contribution in [0.25, 0.3) is 11.1 Å². The molecule has 2 heterocycles. The number of rotatable bonds is 4. The fraction of sp³-hybridized carbons (Fsp3) is 0.286. The Hall–Kier alpha value is -2.55. The topological polar surface area (TPSA) is 76.6 Å². The Kier molecular flexibility index (Phi) is 7.36. The van der Waals surface area contributed by atoms with E-state index in [1.54, 1.807) is 6.07 Å². The third-order valence-electron chi connectivity index (χ3n) is 4.92. The highest BCUT2D eigenvalue weighted by molar-refractivity contribution is 7.15. The lowest BCUT2D eigenvalue weighted by Gasteiger charge is -2.27. The number of aliphatic imine (C=N–C) groups is 1. The number of guanidine groups is 1. The van der Waals surface area contributed by atoms with E-state index in [0.29, 0.717) is 43.0 Å². The van der Waals surface area contributed by atoms with Gasteiger partial charge in [-0.15, -0.1) is 22.6 Å². The summed E-state index contributed by atoms with van der Waals surface area (Å²) in [5, 5.41) is 9.64. The fourth-order valence-electron chi connectivity index (χ4n) is 3.20. The number of aromatic nitrogens is 2. The molecule has 1 atom stereocenters. The van der Waals surface area contributed by atoms with Gasteiger partial charge in [-0.25, -0.2) is 4.39 Å². The summed E-state index contributed by atoms with van der Waals surface area (Å²) in [6, 6.07) is 14.8. The van der Waals surface area contributed by atoms with Crippen LogP contribution in [0, 0.1) is 5.82 Å². The predicted molar refractivity (Wildman–Crippen MR) is 120 cm³/mol. The van der Waals surface area contributed by atoms with E-state index >= 15 is 0 Å². The van der Waals surface area contributed by atoms with Crippen LogP contribution in [0.15, 0.2) is 53.5 Å². The van der Waals surface area contributed by atoms with Crippen molar-refractivity contribution in [1.82, 2.24) is 15.1 Å². The van der Waals surface area contributed by atoms with Gasteiger partial charge in [0.2, 0.25) is 5.13 Å². The van der Waals surface area contributed by atoms with E-state index in [0.717, 1.165) is 16.1 Å². The second kappa shape index (κ2) is 9.97. The van der Waals surface area contributed by atoms with Gasteiger partial charge in [0.15, 0.2) is 5.96 Å². The minimum Gasteiger partial charge on any atom is -0.378 e. The minimum absolute atomic E-state index is 0. The maximum absolute atomic E-state index is 14.7. The molecular formula is C21H23ClFN5OS. The highest BCUT2D eigenvalue weighted by Crippen LogP contribution is 2.32. The number of hydrogen-bond acceptors (Lipinski definition) is 5. The summed E-state index contributed by atoms with van der Waals surface area (Å²) >= 11 is 1.36. The maximum atomic E-state index is 14.7. The zero-order valence-corrected chi connectivity index (χ0v) is 18.1. The predicted octanol–water partition coefficient (Wildman–Crippen LogP) is 4.20. The molecule has 4 rings (SSSR count). The smallest absolute Gasteiger partial charge is 0.234 e. The van der Waals surface area contributed by atoms with Gasteiger partial charge in [-0.3, -0.25) is 0 Å². The van der Waals surface area contributed by atoms with E-state index in [1.165, 1.54) is 11.3 Å². The number of nitrogens with zero attached hydrogens (tertiary/aromatic N) is 4. The molecule has 158 valence electrons. The van der Waals surface area contributed by atoms with E-state index < -0.39 is 0 Å². The van der Waals surface area contributed by atoms with E-state index in [9.17, 15) is 4.39 Å². The number of benzene rings is 2. The number of halogens is 2. The summed E-state index contributed by atoms with van der Waals surface area (Å²) in [6.07, 6.45) is 0. The van der Waals surface area contributed by atoms with E-state index in [2.05, 4.69) is 15.2 Å². The molecule has 1 aliphatic rings. The molecule has 1 fully saturated rings. The molecule has 2 aromatic carbocycles. The molecule has 2 N–H and O–H groups in total. The van der Waals surface area contributed by atoms with Crippen molar-refractivity contribution in [3.63, 3.8) is 0 Å². The van der Waals surface area contributed by atoms with Gasteiger partial charge in [0, 0.05) is 24.6 Å². The normalized spacial score (nSPS) is 15.5. The Morgan fingerprint density at radius 2 is 1.90 bits per heavy atom. The van der Waals surface area contributed by atoms with Crippen LogP contribution in [0.5, 0.6) is 0 Å². The van der Waals surface area contributed by atoms with Crippen molar-refractivity contribution >= 4 is 34.8 Å². The van der Waals surface area contributed by atoms with Crippen LogP contribution in [0.1, 0.15) is 23.4 Å². The third-order valence-corrected chi connectivity index (χ3v) is 5.92. The SMILES string of the molecule is CC(c1ccc(-c2ccccc2)c(F)c1)c1nnc(/N=C(\N)N2CCOCC2)s1.Cl. The molecule has 9 heteroatoms. The van der Waals surface area contributed by atoms with Crippen LogP contribution in [-0.2, 0) is 4.74 Å². The molecule has 3 aromatic rings. The van der Waals surface area contributed by atoms with Gasteiger partial charge in [-0.2, -0.15) is 4.99 Å². The Balaban J connectivity index is 0.00000256. The second-order valence-electron chi connectivity index (χ2n) is 6.82. The molecule has 1 aliphatic heterocycles. The van der Waals surface area contributed by atoms with Gasteiger partial charge in [0.25, 0.3) is 0 Å². The second-order valence-corrected chi connectivity index (χ2v) is 7.81. The minimum atomic E-state index is -0.250. The number of hydrogen-bond donors (Lipinski definition) is 1. The molecule has 30 heavy (non-hydrogen) atoms. The van der Waals surface area contributed by atoms with Gasteiger partial charge >= 0.3 is 0 Å². The highest BCUT2D eigenvalue weighted by Gasteiger charge is 2.18. The van der Waals surface area contributed by atoms with E-state index in [1.807, 2.05) is 54.3 Å². The van der Waals surface area contributed by atoms with Crippen molar-refractivity contribution in [3.8, 4) is 11.1 Å². The quantitative estimate of drug-likeness (QED) is 0.479. The Bertz CT molecular complexity index is 1010. The number of nitrogens with two attached hydrogens (primary N) is 1. The summed E-state index contributed by atoms with van der Waals surface area (Å²) in [6.45, 7) is 4.68. The molecule has 1 saturated heterocycles. The van der Waals surface area contributed by atoms with Crippen molar-refractivity contribution < 1.29 is 9.13 Å². The molecule has 0 spiro atoms. The molecule has 0 bridgehead atoms. The highest BCUT2D eigenvalue weighted by atomic mass is 35.5. The summed E-state index contributed by atoms with van der Waals surface area (Å²) in [5.41, 5.74) is 8.36. The summed E-state index contributed by atoms with van der Waals surface area (Å²) < 4.78 is 20.0. The average Bonchev–Trinajstić information content (AvgIpc) is 3.23. The lowest BCUT2D eigenvalue weighted by atomic mass is 9.97. The standard InChI is InChI=1S/C21H22FN5OS.ClH/c1-14(16-7-8-17(18(22)13-16)15-5-3-2-4-6-15)19-25-26-21(29-19)24-20(23)27-9-11-28-12-10-27;/h2-8,13-14H,9-12H2,1H3,(H2,23,24,26);1H. The Morgan fingerprint density at radius 1 is 1.17 bits per heavy atom. The maximum Gasteiger partial charge on any atom is 0.234 e. The molecule has 1 unspecified atom stereocenters. The molecule has 0 radical (unpaired) electrons. The van der Waals surface area contributed by atoms with Crippen molar-refractivity contribution in [2.24, 2.45) is 10.7 Å². The van der Waals surface area contributed by atoms with Crippen LogP contribution in [-0.4, -0.2) is 47.4 Å². The molecule has 1 aromatic heterocycles.